The molecular weight excluding hydrogens is 897 g/mol. The van der Waals surface area contributed by atoms with E-state index >= 15 is 0 Å². The highest BCUT2D eigenvalue weighted by Gasteiger charge is 2.28. The molecule has 69 heavy (non-hydrogen) atoms. The first-order valence-corrected chi connectivity index (χ1v) is 25.6. The van der Waals surface area contributed by atoms with Crippen LogP contribution in [-0.4, -0.2) is 0 Å². The van der Waals surface area contributed by atoms with Gasteiger partial charge in [0.25, 0.3) is 0 Å². The fourth-order valence-electron chi connectivity index (χ4n) is 9.77. The van der Waals surface area contributed by atoms with Crippen LogP contribution < -0.4 is 19.6 Å². The molecule has 0 unspecified atom stereocenters. The molecule has 11 aromatic rings. The predicted molar refractivity (Wildman–Crippen MR) is 294 cm³/mol. The predicted octanol–water partition coefficient (Wildman–Crippen LogP) is 19.4. The smallest absolute Gasteiger partial charge is 0.0603 e. The molecule has 0 spiro atoms. The number of para-hydroxylation sites is 6. The van der Waals surface area contributed by atoms with Crippen LogP contribution in [0.25, 0.3) is 21.2 Å². The minimum atomic E-state index is 1.10. The highest BCUT2D eigenvalue weighted by Crippen LogP contribution is 2.55. The molecule has 2 aliphatic heterocycles. The number of benzene rings is 10. The zero-order valence-corrected chi connectivity index (χ0v) is 39.7. The second kappa shape index (κ2) is 17.6. The second-order valence-electron chi connectivity index (χ2n) is 17.0. The fraction of sp³-hybridized carbons (Fsp3) is 0. The van der Waals surface area contributed by atoms with Crippen molar-refractivity contribution in [1.29, 1.82) is 0 Å². The van der Waals surface area contributed by atoms with Gasteiger partial charge in [-0.3, -0.25) is 0 Å². The lowest BCUT2D eigenvalue weighted by atomic mass is 10.0. The van der Waals surface area contributed by atoms with Gasteiger partial charge in [0, 0.05) is 69.5 Å². The highest BCUT2D eigenvalue weighted by atomic mass is 32.2. The van der Waals surface area contributed by atoms with Crippen molar-refractivity contribution in [2.75, 3.05) is 19.6 Å². The summed E-state index contributed by atoms with van der Waals surface area (Å²) >= 11 is 5.47. The van der Waals surface area contributed by atoms with Crippen molar-refractivity contribution in [3.8, 4) is 11.1 Å². The van der Waals surface area contributed by atoms with Crippen molar-refractivity contribution in [2.45, 2.75) is 19.6 Å². The first-order chi connectivity index (χ1) is 34.2. The molecule has 1 aromatic heterocycles. The summed E-state index contributed by atoms with van der Waals surface area (Å²) < 4.78 is 1.26. The average molecular weight is 939 g/mol. The Labute approximate surface area is 415 Å². The standard InChI is InChI=1S/C62H42N4S3/c1-5-17-44(18-6-1)63(49-33-36-56-60(41-49)68-58-27-15-13-25-54(58)65(56)46-21-9-3-10-22-46)48-31-29-43(30-32-48)51-35-38-53(52-39-40-67-62(51)52)64(45-19-7-2-8-20-45)50-34-37-57-61(42-50)69-59-28-16-14-26-55(59)66(57)47-23-11-4-12-24-47/h1-42H. The summed E-state index contributed by atoms with van der Waals surface area (Å²) in [6.45, 7) is 0. The van der Waals surface area contributed by atoms with E-state index in [0.29, 0.717) is 0 Å². The lowest BCUT2D eigenvalue weighted by Gasteiger charge is -2.34. The van der Waals surface area contributed by atoms with Crippen molar-refractivity contribution >= 4 is 113 Å². The Hall–Kier alpha value is -7.94. The van der Waals surface area contributed by atoms with Gasteiger partial charge in [-0.05, 0) is 150 Å². The summed E-state index contributed by atoms with van der Waals surface area (Å²) in [5.41, 5.74) is 16.1. The van der Waals surface area contributed by atoms with Crippen LogP contribution in [0.5, 0.6) is 0 Å². The zero-order valence-electron chi connectivity index (χ0n) is 37.3. The molecule has 0 N–H and O–H groups in total. The molecule has 0 aliphatic carbocycles. The van der Waals surface area contributed by atoms with Gasteiger partial charge in [-0.15, -0.1) is 11.3 Å². The molecule has 13 rings (SSSR count). The third-order valence-corrected chi connectivity index (χ3v) is 16.0. The Morgan fingerprint density at radius 2 is 0.754 bits per heavy atom. The number of thiophene rings is 1. The van der Waals surface area contributed by atoms with Crippen LogP contribution in [0.15, 0.2) is 274 Å². The normalized spacial score (nSPS) is 12.5. The number of hydrogen-bond donors (Lipinski definition) is 0. The number of nitrogens with zero attached hydrogens (tertiary/aromatic N) is 4. The van der Waals surface area contributed by atoms with E-state index in [1.54, 1.807) is 11.3 Å². The third kappa shape index (κ3) is 7.43. The maximum Gasteiger partial charge on any atom is 0.0603 e. The van der Waals surface area contributed by atoms with Crippen molar-refractivity contribution in [1.82, 2.24) is 0 Å². The third-order valence-electron chi connectivity index (χ3n) is 12.9. The van der Waals surface area contributed by atoms with E-state index in [-0.39, 0.29) is 0 Å². The van der Waals surface area contributed by atoms with Gasteiger partial charge in [0.2, 0.25) is 0 Å². The van der Waals surface area contributed by atoms with Crippen LogP contribution in [0.2, 0.25) is 0 Å². The first-order valence-electron chi connectivity index (χ1n) is 23.1. The van der Waals surface area contributed by atoms with Crippen molar-refractivity contribution in [3.05, 3.63) is 254 Å². The first kappa shape index (κ1) is 41.3. The summed E-state index contributed by atoms with van der Waals surface area (Å²) in [4.78, 5) is 14.5. The minimum Gasteiger partial charge on any atom is -0.310 e. The Kier molecular flexibility index (Phi) is 10.5. The van der Waals surface area contributed by atoms with E-state index < -0.39 is 0 Å². The van der Waals surface area contributed by atoms with E-state index in [0.717, 1.165) is 45.5 Å². The molecule has 4 nitrogen and oxygen atoms in total. The summed E-state index contributed by atoms with van der Waals surface area (Å²) in [5, 5.41) is 3.45. The van der Waals surface area contributed by atoms with E-state index in [2.05, 4.69) is 274 Å². The maximum absolute atomic E-state index is 2.42. The average Bonchev–Trinajstić information content (AvgIpc) is 3.92. The molecule has 7 heteroatoms. The Bertz CT molecular complexity index is 3640. The molecule has 0 bridgehead atoms. The lowest BCUT2D eigenvalue weighted by Crippen LogP contribution is -2.16. The Morgan fingerprint density at radius 1 is 0.319 bits per heavy atom. The molecule has 0 saturated carbocycles. The monoisotopic (exact) mass is 938 g/mol. The van der Waals surface area contributed by atoms with Gasteiger partial charge in [0.15, 0.2) is 0 Å². The van der Waals surface area contributed by atoms with Gasteiger partial charge >= 0.3 is 0 Å². The van der Waals surface area contributed by atoms with Crippen molar-refractivity contribution in [2.24, 2.45) is 0 Å². The molecule has 3 heterocycles. The van der Waals surface area contributed by atoms with Gasteiger partial charge < -0.3 is 19.6 Å². The SMILES string of the molecule is c1ccc(N(c2ccc(-c3ccc(N(c4ccccc4)c4ccc5c(c4)Sc4ccccc4N5c4ccccc4)c4ccsc34)cc2)c2ccc3c(c2)Sc2ccccc2N3c2ccccc2)cc1. The van der Waals surface area contributed by atoms with E-state index in [4.69, 9.17) is 0 Å². The quantitative estimate of drug-likeness (QED) is 0.142. The van der Waals surface area contributed by atoms with Crippen LogP contribution >= 0.6 is 34.9 Å². The molecule has 2 aliphatic rings. The number of anilines is 12. The minimum absolute atomic E-state index is 1.10. The fourth-order valence-corrected chi connectivity index (χ4v) is 12.9. The van der Waals surface area contributed by atoms with Gasteiger partial charge in [-0.1, -0.05) is 139 Å². The highest BCUT2D eigenvalue weighted by molar-refractivity contribution is 8.00. The van der Waals surface area contributed by atoms with Gasteiger partial charge in [-0.25, -0.2) is 0 Å². The van der Waals surface area contributed by atoms with Crippen LogP contribution in [0, 0.1) is 0 Å². The largest absolute Gasteiger partial charge is 0.310 e. The van der Waals surface area contributed by atoms with Gasteiger partial charge in [0.05, 0.1) is 28.4 Å². The summed E-state index contributed by atoms with van der Waals surface area (Å²) in [6.07, 6.45) is 0. The molecule has 0 amide bonds. The molecular formula is C62H42N4S3. The summed E-state index contributed by atoms with van der Waals surface area (Å²) in [7, 11) is 0. The zero-order chi connectivity index (χ0) is 45.7. The van der Waals surface area contributed by atoms with Crippen molar-refractivity contribution < 1.29 is 0 Å². The Morgan fingerprint density at radius 3 is 1.30 bits per heavy atom. The number of rotatable bonds is 9. The van der Waals surface area contributed by atoms with Crippen LogP contribution in [-0.2, 0) is 0 Å². The summed E-state index contributed by atoms with van der Waals surface area (Å²) in [6, 6.07) is 90.1. The molecule has 0 atom stereocenters. The molecule has 10 aromatic carbocycles. The van der Waals surface area contributed by atoms with Crippen LogP contribution in [0.1, 0.15) is 0 Å². The lowest BCUT2D eigenvalue weighted by molar-refractivity contribution is 1.16. The number of hydrogen-bond acceptors (Lipinski definition) is 7. The number of fused-ring (bicyclic) bond motifs is 5. The van der Waals surface area contributed by atoms with E-state index in [1.807, 2.05) is 23.5 Å². The molecule has 0 saturated heterocycles. The maximum atomic E-state index is 2.42. The van der Waals surface area contributed by atoms with Gasteiger partial charge in [-0.2, -0.15) is 0 Å². The van der Waals surface area contributed by atoms with E-state index in [9.17, 15) is 0 Å². The second-order valence-corrected chi connectivity index (χ2v) is 20.1. The van der Waals surface area contributed by atoms with Gasteiger partial charge in [0.1, 0.15) is 0 Å². The Balaban J connectivity index is 0.868. The topological polar surface area (TPSA) is 13.0 Å². The van der Waals surface area contributed by atoms with Crippen molar-refractivity contribution in [3.63, 3.8) is 0 Å². The summed E-state index contributed by atoms with van der Waals surface area (Å²) in [5.74, 6) is 0. The van der Waals surface area contributed by atoms with Crippen LogP contribution in [0.3, 0.4) is 0 Å². The molecule has 0 fully saturated rings. The van der Waals surface area contributed by atoms with Crippen LogP contribution in [0.4, 0.5) is 68.2 Å². The van der Waals surface area contributed by atoms with E-state index in [1.165, 1.54) is 63.5 Å². The molecule has 328 valence electrons. The molecule has 0 radical (unpaired) electrons.